The van der Waals surface area contributed by atoms with Crippen molar-refractivity contribution < 1.29 is 19.1 Å². The topological polar surface area (TPSA) is 64.6 Å². The first kappa shape index (κ1) is 22.0. The minimum atomic E-state index is -0.416. The fourth-order valence-corrected chi connectivity index (χ4v) is 6.25. The lowest BCUT2D eigenvalue weighted by Crippen LogP contribution is -2.42. The molecule has 2 aliphatic carbocycles. The number of hydrogen-bond acceptors (Lipinski definition) is 6. The quantitative estimate of drug-likeness (QED) is 0.597. The Kier molecular flexibility index (Phi) is 6.11. The molecular formula is C27H29NO4S. The lowest BCUT2D eigenvalue weighted by atomic mass is 9.69. The second kappa shape index (κ2) is 9.18. The van der Waals surface area contributed by atoms with Crippen molar-refractivity contribution in [3.63, 3.8) is 0 Å². The summed E-state index contributed by atoms with van der Waals surface area (Å²) < 4.78 is 11.5. The first-order valence-corrected chi connectivity index (χ1v) is 12.6. The molecule has 33 heavy (non-hydrogen) atoms. The minimum Gasteiger partial charge on any atom is -0.496 e. The number of nitrogens with one attached hydrogen (secondary N) is 1. The summed E-state index contributed by atoms with van der Waals surface area (Å²) in [7, 11) is 1.65. The highest BCUT2D eigenvalue weighted by atomic mass is 32.1. The Morgan fingerprint density at radius 1 is 1.12 bits per heavy atom. The zero-order valence-electron chi connectivity index (χ0n) is 19.0. The molecule has 1 aromatic heterocycles. The third-order valence-electron chi connectivity index (χ3n) is 7.10. The van der Waals surface area contributed by atoms with Crippen molar-refractivity contribution in [1.29, 1.82) is 0 Å². The van der Waals surface area contributed by atoms with Crippen LogP contribution in [0.1, 0.15) is 62.0 Å². The van der Waals surface area contributed by atoms with Gasteiger partial charge in [0, 0.05) is 35.2 Å². The van der Waals surface area contributed by atoms with Crippen LogP contribution in [0.2, 0.25) is 0 Å². The van der Waals surface area contributed by atoms with Gasteiger partial charge in [-0.15, -0.1) is 0 Å². The summed E-state index contributed by atoms with van der Waals surface area (Å²) in [5.74, 6) is -0.198. The summed E-state index contributed by atoms with van der Waals surface area (Å²) in [6.07, 6.45) is 6.54. The molecular weight excluding hydrogens is 434 g/mol. The largest absolute Gasteiger partial charge is 0.496 e. The number of thiophene rings is 1. The van der Waals surface area contributed by atoms with E-state index in [0.29, 0.717) is 12.0 Å². The van der Waals surface area contributed by atoms with Gasteiger partial charge >= 0.3 is 5.97 Å². The van der Waals surface area contributed by atoms with Gasteiger partial charge in [-0.1, -0.05) is 24.3 Å². The van der Waals surface area contributed by atoms with E-state index in [0.717, 1.165) is 54.0 Å². The van der Waals surface area contributed by atoms with Crippen LogP contribution in [0, 0.1) is 5.92 Å². The zero-order chi connectivity index (χ0) is 22.9. The number of carbonyl (C=O) groups is 2. The summed E-state index contributed by atoms with van der Waals surface area (Å²) in [5, 5.41) is 7.46. The van der Waals surface area contributed by atoms with E-state index in [4.69, 9.17) is 9.47 Å². The molecule has 1 fully saturated rings. The fraction of sp³-hybridized carbons (Fsp3) is 0.407. The van der Waals surface area contributed by atoms with Crippen LogP contribution in [-0.2, 0) is 14.3 Å². The van der Waals surface area contributed by atoms with E-state index in [1.807, 2.05) is 48.0 Å². The third kappa shape index (κ3) is 4.12. The van der Waals surface area contributed by atoms with Crippen molar-refractivity contribution in [3.8, 4) is 5.75 Å². The molecule has 0 saturated heterocycles. The molecule has 2 aromatic rings. The number of ether oxygens (including phenoxy) is 2. The Balaban J connectivity index is 1.54. The van der Waals surface area contributed by atoms with Crippen LogP contribution >= 0.6 is 11.3 Å². The van der Waals surface area contributed by atoms with Gasteiger partial charge in [-0.2, -0.15) is 11.3 Å². The van der Waals surface area contributed by atoms with E-state index in [9.17, 15) is 9.59 Å². The SMILES string of the molecule is COc1ccccc1C1C=C2NC(C)=C(C(=O)OC3CCCC3)C(c3ccsc3)C2C(=O)C1. The lowest BCUT2D eigenvalue weighted by molar-refractivity contribution is -0.144. The van der Waals surface area contributed by atoms with Crippen molar-refractivity contribution in [1.82, 2.24) is 5.32 Å². The van der Waals surface area contributed by atoms with Gasteiger partial charge in [0.2, 0.25) is 0 Å². The predicted octanol–water partition coefficient (Wildman–Crippen LogP) is 5.46. The Morgan fingerprint density at radius 3 is 2.64 bits per heavy atom. The normalized spacial score (nSPS) is 25.3. The van der Waals surface area contributed by atoms with Crippen LogP contribution < -0.4 is 10.1 Å². The molecule has 5 nitrogen and oxygen atoms in total. The number of ketones is 1. The summed E-state index contributed by atoms with van der Waals surface area (Å²) in [5.41, 5.74) is 4.23. The minimum absolute atomic E-state index is 0.0187. The molecule has 0 spiro atoms. The molecule has 2 heterocycles. The van der Waals surface area contributed by atoms with Crippen LogP contribution in [0.3, 0.4) is 0 Å². The van der Waals surface area contributed by atoms with Crippen molar-refractivity contribution >= 4 is 23.1 Å². The second-order valence-electron chi connectivity index (χ2n) is 9.13. The molecule has 3 atom stereocenters. The molecule has 6 heteroatoms. The van der Waals surface area contributed by atoms with Gasteiger partial charge < -0.3 is 14.8 Å². The van der Waals surface area contributed by atoms with Crippen LogP contribution in [0.15, 0.2) is 64.1 Å². The van der Waals surface area contributed by atoms with E-state index in [2.05, 4.69) is 11.4 Å². The van der Waals surface area contributed by atoms with Gasteiger partial charge in [-0.25, -0.2) is 4.79 Å². The predicted molar refractivity (Wildman–Crippen MR) is 128 cm³/mol. The Bertz CT molecular complexity index is 1110. The highest BCUT2D eigenvalue weighted by molar-refractivity contribution is 7.08. The van der Waals surface area contributed by atoms with Gasteiger partial charge in [0.05, 0.1) is 18.6 Å². The molecule has 1 aromatic carbocycles. The summed E-state index contributed by atoms with van der Waals surface area (Å²) in [4.78, 5) is 27.0. The molecule has 0 bridgehead atoms. The monoisotopic (exact) mass is 463 g/mol. The zero-order valence-corrected chi connectivity index (χ0v) is 19.8. The van der Waals surface area contributed by atoms with Crippen LogP contribution in [0.5, 0.6) is 5.75 Å². The van der Waals surface area contributed by atoms with Crippen molar-refractivity contribution in [2.45, 2.75) is 57.0 Å². The number of hydrogen-bond donors (Lipinski definition) is 1. The average molecular weight is 464 g/mol. The Labute approximate surface area is 198 Å². The van der Waals surface area contributed by atoms with Gasteiger partial charge in [0.15, 0.2) is 0 Å². The third-order valence-corrected chi connectivity index (χ3v) is 7.80. The molecule has 1 aliphatic heterocycles. The number of Topliss-reactive ketones (excluding diaryl/α,β-unsaturated/α-hetero) is 1. The molecule has 172 valence electrons. The molecule has 5 rings (SSSR count). The standard InChI is InChI=1S/C27H29NO4S/c1-16-24(27(30)32-19-7-3-4-8-19)25(17-11-12-33-15-17)26-21(28-16)13-18(14-22(26)29)20-9-5-6-10-23(20)31-2/h5-6,9-13,15,18-19,25-26,28H,3-4,7-8,14H2,1-2H3. The second-order valence-corrected chi connectivity index (χ2v) is 9.91. The molecule has 0 radical (unpaired) electrons. The number of para-hydroxylation sites is 1. The highest BCUT2D eigenvalue weighted by Crippen LogP contribution is 2.47. The fourth-order valence-electron chi connectivity index (χ4n) is 5.55. The van der Waals surface area contributed by atoms with E-state index in [-0.39, 0.29) is 29.7 Å². The lowest BCUT2D eigenvalue weighted by Gasteiger charge is -2.39. The first-order valence-electron chi connectivity index (χ1n) is 11.6. The van der Waals surface area contributed by atoms with E-state index >= 15 is 0 Å². The smallest absolute Gasteiger partial charge is 0.336 e. The maximum atomic E-state index is 13.6. The molecule has 3 unspecified atom stereocenters. The first-order chi connectivity index (χ1) is 16.1. The number of esters is 1. The van der Waals surface area contributed by atoms with Gasteiger partial charge in [-0.05, 0) is 61.1 Å². The molecule has 3 aliphatic rings. The van der Waals surface area contributed by atoms with Crippen LogP contribution in [0.25, 0.3) is 0 Å². The van der Waals surface area contributed by atoms with Gasteiger partial charge in [0.25, 0.3) is 0 Å². The van der Waals surface area contributed by atoms with Crippen molar-refractivity contribution in [2.75, 3.05) is 7.11 Å². The molecule has 1 saturated carbocycles. The van der Waals surface area contributed by atoms with E-state index in [1.165, 1.54) is 0 Å². The summed E-state index contributed by atoms with van der Waals surface area (Å²) in [6, 6.07) is 9.87. The molecule has 0 amide bonds. The van der Waals surface area contributed by atoms with Crippen molar-refractivity contribution in [2.24, 2.45) is 5.92 Å². The number of methoxy groups -OCH3 is 1. The number of carbonyl (C=O) groups excluding carboxylic acids is 2. The summed E-state index contributed by atoms with van der Waals surface area (Å²) >= 11 is 1.58. The Hall–Kier alpha value is -2.86. The van der Waals surface area contributed by atoms with Crippen LogP contribution in [-0.4, -0.2) is 25.0 Å². The Morgan fingerprint density at radius 2 is 1.91 bits per heavy atom. The maximum Gasteiger partial charge on any atom is 0.336 e. The van der Waals surface area contributed by atoms with Crippen LogP contribution in [0.4, 0.5) is 0 Å². The van der Waals surface area contributed by atoms with Gasteiger partial charge in [-0.3, -0.25) is 4.79 Å². The highest BCUT2D eigenvalue weighted by Gasteiger charge is 2.45. The van der Waals surface area contributed by atoms with E-state index in [1.54, 1.807) is 18.4 Å². The summed E-state index contributed by atoms with van der Waals surface area (Å²) in [6.45, 7) is 1.92. The number of benzene rings is 1. The number of allylic oxidation sites excluding steroid dienone is 3. The van der Waals surface area contributed by atoms with Crippen molar-refractivity contribution in [3.05, 3.63) is 75.3 Å². The maximum absolute atomic E-state index is 13.6. The molecule has 1 N–H and O–H groups in total. The van der Waals surface area contributed by atoms with E-state index < -0.39 is 5.92 Å². The average Bonchev–Trinajstić information content (AvgIpc) is 3.52. The number of rotatable bonds is 5. The van der Waals surface area contributed by atoms with Gasteiger partial charge in [0.1, 0.15) is 17.6 Å². The number of fused-ring (bicyclic) bond motifs is 1.